The van der Waals surface area contributed by atoms with Crippen molar-refractivity contribution >= 4 is 0 Å². The summed E-state index contributed by atoms with van der Waals surface area (Å²) in [5.41, 5.74) is 1.17. The van der Waals surface area contributed by atoms with Crippen molar-refractivity contribution in [2.24, 2.45) is 0 Å². The number of hydrogen-bond acceptors (Lipinski definition) is 2. The van der Waals surface area contributed by atoms with Gasteiger partial charge in [0.25, 0.3) is 0 Å². The van der Waals surface area contributed by atoms with Gasteiger partial charge in [-0.3, -0.25) is 0 Å². The van der Waals surface area contributed by atoms with Crippen LogP contribution in [0, 0.1) is 11.6 Å². The summed E-state index contributed by atoms with van der Waals surface area (Å²) in [6.45, 7) is 1.56. The first kappa shape index (κ1) is 13.5. The molecule has 0 radical (unpaired) electrons. The van der Waals surface area contributed by atoms with E-state index >= 15 is 0 Å². The van der Waals surface area contributed by atoms with Crippen molar-refractivity contribution in [3.63, 3.8) is 0 Å². The second kappa shape index (κ2) is 6.85. The fourth-order valence-corrected chi connectivity index (χ4v) is 1.66. The Morgan fingerprint density at radius 1 is 0.947 bits per heavy atom. The summed E-state index contributed by atoms with van der Waals surface area (Å²) in [6.07, 6.45) is 0. The minimum absolute atomic E-state index is 0.0542. The van der Waals surface area contributed by atoms with E-state index in [4.69, 9.17) is 4.74 Å². The zero-order chi connectivity index (χ0) is 13.5. The van der Waals surface area contributed by atoms with Gasteiger partial charge in [0.15, 0.2) is 11.6 Å². The molecule has 0 saturated carbocycles. The van der Waals surface area contributed by atoms with Crippen LogP contribution < -0.4 is 10.1 Å². The highest BCUT2D eigenvalue weighted by atomic mass is 19.2. The lowest BCUT2D eigenvalue weighted by Gasteiger charge is -2.08. The van der Waals surface area contributed by atoms with E-state index in [9.17, 15) is 8.78 Å². The maximum Gasteiger partial charge on any atom is 0.200 e. The molecule has 4 heteroatoms. The predicted octanol–water partition coefficient (Wildman–Crippen LogP) is 3.13. The SMILES string of the molecule is Fc1cccc(OCCNCc2ccccc2)c1F. The molecule has 1 N–H and O–H groups in total. The molecule has 0 aliphatic carbocycles. The van der Waals surface area contributed by atoms with Gasteiger partial charge in [-0.2, -0.15) is 4.39 Å². The predicted molar refractivity (Wildman–Crippen MR) is 70.0 cm³/mol. The minimum atomic E-state index is -0.939. The molecule has 0 aromatic heterocycles. The van der Waals surface area contributed by atoms with Crippen molar-refractivity contribution < 1.29 is 13.5 Å². The molecular formula is C15H15F2NO. The zero-order valence-electron chi connectivity index (χ0n) is 10.4. The van der Waals surface area contributed by atoms with Gasteiger partial charge in [0, 0.05) is 13.1 Å². The normalized spacial score (nSPS) is 10.4. The van der Waals surface area contributed by atoms with Crippen LogP contribution in [-0.2, 0) is 6.54 Å². The Morgan fingerprint density at radius 3 is 2.53 bits per heavy atom. The van der Waals surface area contributed by atoms with E-state index in [0.29, 0.717) is 6.54 Å². The van der Waals surface area contributed by atoms with Crippen molar-refractivity contribution in [3.8, 4) is 5.75 Å². The van der Waals surface area contributed by atoms with E-state index in [2.05, 4.69) is 5.32 Å². The molecule has 0 unspecified atom stereocenters. The first-order chi connectivity index (χ1) is 9.27. The summed E-state index contributed by atoms with van der Waals surface area (Å²) < 4.78 is 31.3. The van der Waals surface area contributed by atoms with Crippen LogP contribution in [0.4, 0.5) is 8.78 Å². The van der Waals surface area contributed by atoms with Gasteiger partial charge in [-0.15, -0.1) is 0 Å². The van der Waals surface area contributed by atoms with Crippen LogP contribution in [-0.4, -0.2) is 13.2 Å². The highest BCUT2D eigenvalue weighted by molar-refractivity contribution is 5.25. The Bertz CT molecular complexity index is 517. The van der Waals surface area contributed by atoms with Crippen LogP contribution in [0.1, 0.15) is 5.56 Å². The quantitative estimate of drug-likeness (QED) is 0.808. The van der Waals surface area contributed by atoms with Crippen LogP contribution in [0.2, 0.25) is 0 Å². The van der Waals surface area contributed by atoms with Crippen LogP contribution in [0.15, 0.2) is 48.5 Å². The first-order valence-electron chi connectivity index (χ1n) is 6.09. The smallest absolute Gasteiger partial charge is 0.200 e. The van der Waals surface area contributed by atoms with Crippen molar-refractivity contribution in [3.05, 3.63) is 65.7 Å². The van der Waals surface area contributed by atoms with Gasteiger partial charge in [0.05, 0.1) is 0 Å². The maximum absolute atomic E-state index is 13.3. The van der Waals surface area contributed by atoms with Crippen molar-refractivity contribution in [1.29, 1.82) is 0 Å². The van der Waals surface area contributed by atoms with Gasteiger partial charge in [0.1, 0.15) is 6.61 Å². The van der Waals surface area contributed by atoms with E-state index in [1.54, 1.807) is 0 Å². The molecule has 2 aromatic rings. The topological polar surface area (TPSA) is 21.3 Å². The van der Waals surface area contributed by atoms with Crippen LogP contribution in [0.5, 0.6) is 5.75 Å². The lowest BCUT2D eigenvalue weighted by Crippen LogP contribution is -2.20. The Balaban J connectivity index is 1.71. The molecule has 0 spiro atoms. The van der Waals surface area contributed by atoms with E-state index < -0.39 is 11.6 Å². The monoisotopic (exact) mass is 263 g/mol. The minimum Gasteiger partial charge on any atom is -0.489 e. The lowest BCUT2D eigenvalue weighted by atomic mass is 10.2. The number of nitrogens with one attached hydrogen (secondary N) is 1. The molecular weight excluding hydrogens is 248 g/mol. The number of rotatable bonds is 6. The Hall–Kier alpha value is -1.94. The van der Waals surface area contributed by atoms with Gasteiger partial charge >= 0.3 is 0 Å². The molecule has 0 amide bonds. The molecule has 0 fully saturated rings. The average molecular weight is 263 g/mol. The summed E-state index contributed by atoms with van der Waals surface area (Å²) in [5.74, 6) is -1.89. The van der Waals surface area contributed by atoms with Gasteiger partial charge in [-0.1, -0.05) is 36.4 Å². The molecule has 0 aliphatic heterocycles. The summed E-state index contributed by atoms with van der Waals surface area (Å²) in [4.78, 5) is 0. The molecule has 0 bridgehead atoms. The Labute approximate surface area is 111 Å². The molecule has 0 atom stereocenters. The fraction of sp³-hybridized carbons (Fsp3) is 0.200. The number of halogens is 2. The van der Waals surface area contributed by atoms with Crippen molar-refractivity contribution in [1.82, 2.24) is 5.32 Å². The number of hydrogen-bond donors (Lipinski definition) is 1. The molecule has 0 heterocycles. The number of benzene rings is 2. The van der Waals surface area contributed by atoms with Crippen LogP contribution in [0.25, 0.3) is 0 Å². The second-order valence-corrected chi connectivity index (χ2v) is 4.06. The summed E-state index contributed by atoms with van der Waals surface area (Å²) >= 11 is 0. The fourth-order valence-electron chi connectivity index (χ4n) is 1.66. The molecule has 100 valence electrons. The number of ether oxygens (including phenoxy) is 1. The highest BCUT2D eigenvalue weighted by Gasteiger charge is 2.07. The van der Waals surface area contributed by atoms with E-state index in [1.807, 2.05) is 30.3 Å². The van der Waals surface area contributed by atoms with E-state index in [0.717, 1.165) is 12.6 Å². The molecule has 19 heavy (non-hydrogen) atoms. The largest absolute Gasteiger partial charge is 0.489 e. The molecule has 0 saturated heterocycles. The third-order valence-corrected chi connectivity index (χ3v) is 2.62. The molecule has 0 aliphatic rings. The molecule has 2 aromatic carbocycles. The third-order valence-electron chi connectivity index (χ3n) is 2.62. The Kier molecular flexibility index (Phi) is 4.86. The Morgan fingerprint density at radius 2 is 1.74 bits per heavy atom. The maximum atomic E-state index is 13.3. The lowest BCUT2D eigenvalue weighted by molar-refractivity contribution is 0.293. The van der Waals surface area contributed by atoms with Crippen molar-refractivity contribution in [2.45, 2.75) is 6.54 Å². The van der Waals surface area contributed by atoms with E-state index in [1.165, 1.54) is 17.7 Å². The van der Waals surface area contributed by atoms with Gasteiger partial charge in [0.2, 0.25) is 5.82 Å². The zero-order valence-corrected chi connectivity index (χ0v) is 10.4. The summed E-state index contributed by atoms with van der Waals surface area (Å²) in [5, 5.41) is 3.16. The first-order valence-corrected chi connectivity index (χ1v) is 6.09. The summed E-state index contributed by atoms with van der Waals surface area (Å²) in [7, 11) is 0. The van der Waals surface area contributed by atoms with Crippen molar-refractivity contribution in [2.75, 3.05) is 13.2 Å². The molecule has 2 rings (SSSR count). The van der Waals surface area contributed by atoms with E-state index in [-0.39, 0.29) is 12.4 Å². The van der Waals surface area contributed by atoms with Gasteiger partial charge < -0.3 is 10.1 Å². The molecule has 2 nitrogen and oxygen atoms in total. The standard InChI is InChI=1S/C15H15F2NO/c16-13-7-4-8-14(15(13)17)19-10-9-18-11-12-5-2-1-3-6-12/h1-8,18H,9-11H2. The highest BCUT2D eigenvalue weighted by Crippen LogP contribution is 2.18. The van der Waals surface area contributed by atoms with Crippen LogP contribution in [0.3, 0.4) is 0 Å². The van der Waals surface area contributed by atoms with Gasteiger partial charge in [-0.25, -0.2) is 4.39 Å². The van der Waals surface area contributed by atoms with Gasteiger partial charge in [-0.05, 0) is 17.7 Å². The van der Waals surface area contributed by atoms with Crippen LogP contribution >= 0.6 is 0 Å². The summed E-state index contributed by atoms with van der Waals surface area (Å²) in [6, 6.07) is 13.8. The third kappa shape index (κ3) is 4.03. The second-order valence-electron chi connectivity index (χ2n) is 4.06. The average Bonchev–Trinajstić information content (AvgIpc) is 2.44.